The van der Waals surface area contributed by atoms with Gasteiger partial charge in [0.15, 0.2) is 10.6 Å². The largest absolute Gasteiger partial charge is 0.494 e. The van der Waals surface area contributed by atoms with E-state index in [-0.39, 0.29) is 5.91 Å². The summed E-state index contributed by atoms with van der Waals surface area (Å²) in [6.45, 7) is 9.78. The Kier molecular flexibility index (Phi) is 8.52. The van der Waals surface area contributed by atoms with Crippen LogP contribution in [0.25, 0.3) is 11.4 Å². The predicted octanol–water partition coefficient (Wildman–Crippen LogP) is 3.36. The van der Waals surface area contributed by atoms with Crippen LogP contribution in [0.4, 0.5) is 0 Å². The molecule has 0 bridgehead atoms. The molecule has 2 saturated heterocycles. The number of ether oxygens (including phenoxy) is 2. The third-order valence-electron chi connectivity index (χ3n) is 6.66. The minimum Gasteiger partial charge on any atom is -0.494 e. The normalized spacial score (nSPS) is 17.9. The van der Waals surface area contributed by atoms with Crippen molar-refractivity contribution in [3.05, 3.63) is 29.0 Å². The number of benzene rings is 1. The van der Waals surface area contributed by atoms with Crippen LogP contribution in [0.3, 0.4) is 0 Å². The summed E-state index contributed by atoms with van der Waals surface area (Å²) in [6.07, 6.45) is 3.84. The zero-order valence-corrected chi connectivity index (χ0v) is 20.3. The number of aromatic nitrogens is 3. The fourth-order valence-electron chi connectivity index (χ4n) is 4.64. The lowest BCUT2D eigenvalue weighted by atomic mass is 9.93. The maximum atomic E-state index is 12.9. The molecule has 1 amide bonds. The number of nitrogens with one attached hydrogen (secondary N) is 1. The molecule has 2 aromatic rings. The summed E-state index contributed by atoms with van der Waals surface area (Å²) in [7, 11) is 0. The Morgan fingerprint density at radius 1 is 1.15 bits per heavy atom. The molecule has 0 aliphatic carbocycles. The Hall–Kier alpha value is -2.23. The van der Waals surface area contributed by atoms with E-state index >= 15 is 0 Å². The first kappa shape index (κ1) is 23.9. The average molecular weight is 474 g/mol. The van der Waals surface area contributed by atoms with Crippen molar-refractivity contribution in [2.75, 3.05) is 52.5 Å². The van der Waals surface area contributed by atoms with E-state index in [0.29, 0.717) is 30.3 Å². The highest BCUT2D eigenvalue weighted by Gasteiger charge is 2.24. The van der Waals surface area contributed by atoms with Crippen molar-refractivity contribution in [3.63, 3.8) is 0 Å². The molecule has 0 spiro atoms. The molecule has 9 heteroatoms. The quantitative estimate of drug-likeness (QED) is 0.563. The first-order chi connectivity index (χ1) is 16.1. The highest BCUT2D eigenvalue weighted by atomic mass is 32.1. The Labute approximate surface area is 200 Å². The summed E-state index contributed by atoms with van der Waals surface area (Å²) < 4.78 is 13.4. The molecule has 1 aromatic heterocycles. The number of aromatic amines is 1. The van der Waals surface area contributed by atoms with Crippen LogP contribution in [0.2, 0.25) is 0 Å². The Morgan fingerprint density at radius 3 is 2.58 bits per heavy atom. The molecular weight excluding hydrogens is 438 g/mol. The molecule has 3 heterocycles. The van der Waals surface area contributed by atoms with Crippen molar-refractivity contribution in [2.24, 2.45) is 5.92 Å². The average Bonchev–Trinajstić information content (AvgIpc) is 3.23. The van der Waals surface area contributed by atoms with E-state index in [1.165, 1.54) is 6.42 Å². The summed E-state index contributed by atoms with van der Waals surface area (Å²) in [5, 5.41) is 7.26. The minimum absolute atomic E-state index is 0.197. The van der Waals surface area contributed by atoms with Gasteiger partial charge in [-0.3, -0.25) is 19.4 Å². The third-order valence-corrected chi connectivity index (χ3v) is 6.97. The third kappa shape index (κ3) is 6.43. The second kappa shape index (κ2) is 11.8. The van der Waals surface area contributed by atoms with Gasteiger partial charge in [0, 0.05) is 44.7 Å². The van der Waals surface area contributed by atoms with Crippen LogP contribution in [0.5, 0.6) is 5.75 Å². The molecule has 2 fully saturated rings. The van der Waals surface area contributed by atoms with Gasteiger partial charge in [-0.05, 0) is 75.1 Å². The van der Waals surface area contributed by atoms with Gasteiger partial charge in [0.05, 0.1) is 19.8 Å². The van der Waals surface area contributed by atoms with Crippen molar-refractivity contribution >= 4 is 18.1 Å². The van der Waals surface area contributed by atoms with Crippen LogP contribution >= 0.6 is 12.2 Å². The molecule has 1 aromatic carbocycles. The highest BCUT2D eigenvalue weighted by molar-refractivity contribution is 7.71. The van der Waals surface area contributed by atoms with Crippen LogP contribution in [0.15, 0.2) is 24.3 Å². The lowest BCUT2D eigenvalue weighted by Gasteiger charge is -2.34. The summed E-state index contributed by atoms with van der Waals surface area (Å²) in [4.78, 5) is 17.4. The van der Waals surface area contributed by atoms with E-state index in [2.05, 4.69) is 15.1 Å². The van der Waals surface area contributed by atoms with E-state index in [1.54, 1.807) is 0 Å². The topological polar surface area (TPSA) is 75.6 Å². The molecule has 4 rings (SSSR count). The van der Waals surface area contributed by atoms with Crippen LogP contribution in [0.1, 0.15) is 32.6 Å². The SMILES string of the molecule is CCOc1ccc(-c2n[nH]c(=S)n2CCC(=O)N2CCC(CCN3CCOCC3)CC2)cc1. The van der Waals surface area contributed by atoms with Crippen molar-refractivity contribution in [2.45, 2.75) is 39.2 Å². The smallest absolute Gasteiger partial charge is 0.224 e. The molecule has 0 atom stereocenters. The van der Waals surface area contributed by atoms with Crippen LogP contribution in [0, 0.1) is 10.7 Å². The van der Waals surface area contributed by atoms with Gasteiger partial charge in [-0.2, -0.15) is 5.10 Å². The fourth-order valence-corrected chi connectivity index (χ4v) is 4.86. The number of hydrogen-bond acceptors (Lipinski definition) is 6. The van der Waals surface area contributed by atoms with Gasteiger partial charge in [0.2, 0.25) is 5.91 Å². The molecule has 0 unspecified atom stereocenters. The zero-order chi connectivity index (χ0) is 23.0. The molecule has 0 radical (unpaired) electrons. The molecule has 2 aliphatic heterocycles. The molecule has 8 nitrogen and oxygen atoms in total. The van der Waals surface area contributed by atoms with Crippen molar-refractivity contribution in [3.8, 4) is 17.1 Å². The summed E-state index contributed by atoms with van der Waals surface area (Å²) in [6, 6.07) is 7.79. The predicted molar refractivity (Wildman–Crippen MR) is 130 cm³/mol. The Bertz CT molecular complexity index is 944. The number of H-pyrrole nitrogens is 1. The van der Waals surface area contributed by atoms with Gasteiger partial charge >= 0.3 is 0 Å². The number of hydrogen-bond donors (Lipinski definition) is 1. The van der Waals surface area contributed by atoms with E-state index in [9.17, 15) is 4.79 Å². The van der Waals surface area contributed by atoms with Crippen LogP contribution in [-0.4, -0.2) is 83.0 Å². The highest BCUT2D eigenvalue weighted by Crippen LogP contribution is 2.23. The first-order valence-corrected chi connectivity index (χ1v) is 12.5. The van der Waals surface area contributed by atoms with Gasteiger partial charge in [-0.1, -0.05) is 0 Å². The minimum atomic E-state index is 0.197. The molecule has 1 N–H and O–H groups in total. The van der Waals surface area contributed by atoms with Gasteiger partial charge in [-0.25, -0.2) is 0 Å². The van der Waals surface area contributed by atoms with Gasteiger partial charge in [0.25, 0.3) is 0 Å². The second-order valence-electron chi connectivity index (χ2n) is 8.78. The standard InChI is InChI=1S/C24H35N5O3S/c1-2-32-21-5-3-20(4-6-21)23-25-26-24(33)29(23)14-10-22(30)28-12-8-19(9-13-28)7-11-27-15-17-31-18-16-27/h3-6,19H,2,7-18H2,1H3,(H,26,33). The monoisotopic (exact) mass is 473 g/mol. The summed E-state index contributed by atoms with van der Waals surface area (Å²) in [5.74, 6) is 2.48. The van der Waals surface area contributed by atoms with E-state index in [0.717, 1.165) is 75.9 Å². The van der Waals surface area contributed by atoms with Crippen molar-refractivity contribution in [1.82, 2.24) is 24.6 Å². The number of piperidine rings is 1. The van der Waals surface area contributed by atoms with Gasteiger partial charge in [-0.15, -0.1) is 0 Å². The molecular formula is C24H35N5O3S. The van der Waals surface area contributed by atoms with Crippen molar-refractivity contribution in [1.29, 1.82) is 0 Å². The summed E-state index contributed by atoms with van der Waals surface area (Å²) in [5.41, 5.74) is 0.944. The maximum absolute atomic E-state index is 12.9. The maximum Gasteiger partial charge on any atom is 0.224 e. The van der Waals surface area contributed by atoms with Crippen LogP contribution in [-0.2, 0) is 16.1 Å². The molecule has 180 valence electrons. The lowest BCUT2D eigenvalue weighted by Crippen LogP contribution is -2.41. The number of amides is 1. The molecule has 0 saturated carbocycles. The molecule has 33 heavy (non-hydrogen) atoms. The Morgan fingerprint density at radius 2 is 1.88 bits per heavy atom. The number of carbonyl (C=O) groups excluding carboxylic acids is 1. The Balaban J connectivity index is 1.25. The summed E-state index contributed by atoms with van der Waals surface area (Å²) >= 11 is 5.43. The first-order valence-electron chi connectivity index (χ1n) is 12.1. The second-order valence-corrected chi connectivity index (χ2v) is 9.16. The zero-order valence-electron chi connectivity index (χ0n) is 19.5. The number of likely N-dealkylation sites (tertiary alicyclic amines) is 1. The number of nitrogens with zero attached hydrogens (tertiary/aromatic N) is 4. The van der Waals surface area contributed by atoms with E-state index in [4.69, 9.17) is 21.7 Å². The number of rotatable bonds is 9. The fraction of sp³-hybridized carbons (Fsp3) is 0.625. The van der Waals surface area contributed by atoms with Crippen molar-refractivity contribution < 1.29 is 14.3 Å². The molecule has 2 aliphatic rings. The number of morpholine rings is 1. The van der Waals surface area contributed by atoms with E-state index < -0.39 is 0 Å². The number of carbonyl (C=O) groups is 1. The van der Waals surface area contributed by atoms with Crippen LogP contribution < -0.4 is 4.74 Å². The lowest BCUT2D eigenvalue weighted by molar-refractivity contribution is -0.132. The van der Waals surface area contributed by atoms with E-state index in [1.807, 2.05) is 40.7 Å². The van der Waals surface area contributed by atoms with Gasteiger partial charge < -0.3 is 14.4 Å². The van der Waals surface area contributed by atoms with Gasteiger partial charge in [0.1, 0.15) is 5.75 Å².